The van der Waals surface area contributed by atoms with E-state index in [1.54, 1.807) is 18.2 Å². The lowest BCUT2D eigenvalue weighted by atomic mass is 10.2. The highest BCUT2D eigenvalue weighted by atomic mass is 19.1. The Morgan fingerprint density at radius 1 is 1.09 bits per heavy atom. The summed E-state index contributed by atoms with van der Waals surface area (Å²) in [5.74, 6) is -2.54. The zero-order valence-electron chi connectivity index (χ0n) is 12.2. The highest BCUT2D eigenvalue weighted by Gasteiger charge is 2.12. The molecule has 120 valence electrons. The first kappa shape index (κ1) is 16.4. The van der Waals surface area contributed by atoms with Crippen molar-refractivity contribution >= 4 is 23.3 Å². The maximum Gasteiger partial charge on any atom is 0.339 e. The van der Waals surface area contributed by atoms with Crippen molar-refractivity contribution in [2.75, 3.05) is 24.3 Å². The fraction of sp³-hybridized carbons (Fsp3) is 0.125. The van der Waals surface area contributed by atoms with Crippen LogP contribution in [0.25, 0.3) is 0 Å². The molecule has 2 aromatic carbocycles. The summed E-state index contributed by atoms with van der Waals surface area (Å²) in [5, 5.41) is 5.00. The summed E-state index contributed by atoms with van der Waals surface area (Å²) in [4.78, 5) is 23.4. The Morgan fingerprint density at radius 3 is 2.57 bits per heavy atom. The van der Waals surface area contributed by atoms with Crippen molar-refractivity contribution in [2.45, 2.75) is 0 Å². The molecule has 0 radical (unpaired) electrons. The first-order valence-corrected chi connectivity index (χ1v) is 6.67. The van der Waals surface area contributed by atoms with Crippen LogP contribution in [0.2, 0.25) is 0 Å². The molecular weight excluding hydrogens is 306 g/mol. The van der Waals surface area contributed by atoms with Crippen molar-refractivity contribution in [1.82, 2.24) is 0 Å². The van der Waals surface area contributed by atoms with E-state index in [4.69, 9.17) is 0 Å². The number of esters is 1. The maximum absolute atomic E-state index is 13.4. The number of para-hydroxylation sites is 1. The first-order valence-electron chi connectivity index (χ1n) is 6.67. The first-order chi connectivity index (χ1) is 11.0. The second kappa shape index (κ2) is 7.35. The Balaban J connectivity index is 2.02. The summed E-state index contributed by atoms with van der Waals surface area (Å²) in [6.07, 6.45) is 0. The number of methoxy groups -OCH3 is 1. The normalized spacial score (nSPS) is 10.0. The lowest BCUT2D eigenvalue weighted by Gasteiger charge is -2.11. The van der Waals surface area contributed by atoms with Crippen LogP contribution in [0.5, 0.6) is 0 Å². The van der Waals surface area contributed by atoms with Crippen molar-refractivity contribution in [3.8, 4) is 0 Å². The van der Waals surface area contributed by atoms with Gasteiger partial charge in [-0.3, -0.25) is 4.79 Å². The number of rotatable bonds is 5. The summed E-state index contributed by atoms with van der Waals surface area (Å²) in [7, 11) is 1.25. The smallest absolute Gasteiger partial charge is 0.339 e. The Labute approximate surface area is 131 Å². The largest absolute Gasteiger partial charge is 0.465 e. The van der Waals surface area contributed by atoms with Gasteiger partial charge in [0.05, 0.1) is 24.9 Å². The van der Waals surface area contributed by atoms with E-state index in [9.17, 15) is 18.4 Å². The number of nitrogens with one attached hydrogen (secondary N) is 2. The van der Waals surface area contributed by atoms with Gasteiger partial charge in [-0.2, -0.15) is 0 Å². The number of anilines is 2. The van der Waals surface area contributed by atoms with Gasteiger partial charge in [-0.1, -0.05) is 12.1 Å². The van der Waals surface area contributed by atoms with Crippen molar-refractivity contribution < 1.29 is 23.1 Å². The standard InChI is InChI=1S/C16H14F2N2O3/c1-23-16(22)11-4-2-3-5-13(11)19-9-15(21)20-14-8-10(17)6-7-12(14)18/h2-8,19H,9H2,1H3,(H,20,21). The summed E-state index contributed by atoms with van der Waals surface area (Å²) < 4.78 is 31.1. The predicted octanol–water partition coefficient (Wildman–Crippen LogP) is 2.80. The molecule has 1 amide bonds. The Bertz CT molecular complexity index is 735. The summed E-state index contributed by atoms with van der Waals surface area (Å²) in [6, 6.07) is 9.23. The van der Waals surface area contributed by atoms with Crippen LogP contribution in [-0.2, 0) is 9.53 Å². The molecule has 0 saturated heterocycles. The molecule has 2 rings (SSSR count). The van der Waals surface area contributed by atoms with Crippen LogP contribution < -0.4 is 10.6 Å². The minimum absolute atomic E-state index is 0.232. The van der Waals surface area contributed by atoms with E-state index in [0.29, 0.717) is 5.69 Å². The monoisotopic (exact) mass is 320 g/mol. The molecule has 2 N–H and O–H groups in total. The molecule has 23 heavy (non-hydrogen) atoms. The molecule has 5 nitrogen and oxygen atoms in total. The molecule has 0 saturated carbocycles. The van der Waals surface area contributed by atoms with E-state index in [0.717, 1.165) is 18.2 Å². The number of benzene rings is 2. The van der Waals surface area contributed by atoms with Gasteiger partial charge in [0.25, 0.3) is 0 Å². The lowest BCUT2D eigenvalue weighted by molar-refractivity contribution is -0.114. The number of carbonyl (C=O) groups is 2. The molecule has 0 bridgehead atoms. The maximum atomic E-state index is 13.4. The van der Waals surface area contributed by atoms with Gasteiger partial charge in [0.1, 0.15) is 11.6 Å². The third kappa shape index (κ3) is 4.26. The quantitative estimate of drug-likeness (QED) is 0.831. The molecule has 0 heterocycles. The molecule has 0 spiro atoms. The highest BCUT2D eigenvalue weighted by molar-refractivity contribution is 5.98. The van der Waals surface area contributed by atoms with Gasteiger partial charge < -0.3 is 15.4 Å². The number of hydrogen-bond acceptors (Lipinski definition) is 4. The zero-order valence-corrected chi connectivity index (χ0v) is 12.2. The van der Waals surface area contributed by atoms with Crippen LogP contribution in [0.15, 0.2) is 42.5 Å². The second-order valence-electron chi connectivity index (χ2n) is 4.56. The molecule has 0 unspecified atom stereocenters. The van der Waals surface area contributed by atoms with Crippen LogP contribution in [0.3, 0.4) is 0 Å². The molecular formula is C16H14F2N2O3. The minimum atomic E-state index is -0.741. The Hall–Kier alpha value is -2.96. The Kier molecular flexibility index (Phi) is 5.24. The number of carbonyl (C=O) groups excluding carboxylic acids is 2. The zero-order chi connectivity index (χ0) is 16.8. The third-order valence-corrected chi connectivity index (χ3v) is 2.97. The van der Waals surface area contributed by atoms with Crippen LogP contribution in [0.1, 0.15) is 10.4 Å². The molecule has 7 heteroatoms. The fourth-order valence-corrected chi connectivity index (χ4v) is 1.89. The molecule has 0 aromatic heterocycles. The number of hydrogen-bond donors (Lipinski definition) is 2. The topological polar surface area (TPSA) is 67.4 Å². The van der Waals surface area contributed by atoms with Gasteiger partial charge in [-0.05, 0) is 24.3 Å². The van der Waals surface area contributed by atoms with Crippen molar-refractivity contribution in [3.63, 3.8) is 0 Å². The lowest BCUT2D eigenvalue weighted by Crippen LogP contribution is -2.23. The predicted molar refractivity (Wildman–Crippen MR) is 81.3 cm³/mol. The molecule has 0 fully saturated rings. The SMILES string of the molecule is COC(=O)c1ccccc1NCC(=O)Nc1cc(F)ccc1F. The average molecular weight is 320 g/mol. The molecule has 2 aromatic rings. The second-order valence-corrected chi connectivity index (χ2v) is 4.56. The van der Waals surface area contributed by atoms with Gasteiger partial charge in [0.15, 0.2) is 0 Å². The van der Waals surface area contributed by atoms with Crippen molar-refractivity contribution in [1.29, 1.82) is 0 Å². The number of halogens is 2. The van der Waals surface area contributed by atoms with Crippen LogP contribution in [0.4, 0.5) is 20.2 Å². The summed E-state index contributed by atoms with van der Waals surface area (Å²) in [5.41, 5.74) is 0.409. The summed E-state index contributed by atoms with van der Waals surface area (Å²) >= 11 is 0. The van der Waals surface area contributed by atoms with E-state index in [-0.39, 0.29) is 17.8 Å². The van der Waals surface area contributed by atoms with Gasteiger partial charge in [0, 0.05) is 11.8 Å². The van der Waals surface area contributed by atoms with Crippen LogP contribution >= 0.6 is 0 Å². The average Bonchev–Trinajstić information content (AvgIpc) is 2.56. The Morgan fingerprint density at radius 2 is 1.83 bits per heavy atom. The highest BCUT2D eigenvalue weighted by Crippen LogP contribution is 2.17. The van der Waals surface area contributed by atoms with E-state index < -0.39 is 23.5 Å². The van der Waals surface area contributed by atoms with Crippen LogP contribution in [0, 0.1) is 11.6 Å². The van der Waals surface area contributed by atoms with E-state index >= 15 is 0 Å². The number of amides is 1. The van der Waals surface area contributed by atoms with E-state index in [1.165, 1.54) is 13.2 Å². The number of ether oxygens (including phenoxy) is 1. The molecule has 0 aliphatic rings. The summed E-state index contributed by atoms with van der Waals surface area (Å²) in [6.45, 7) is -0.232. The van der Waals surface area contributed by atoms with Gasteiger partial charge in [-0.15, -0.1) is 0 Å². The van der Waals surface area contributed by atoms with E-state index in [1.807, 2.05) is 0 Å². The minimum Gasteiger partial charge on any atom is -0.465 e. The fourth-order valence-electron chi connectivity index (χ4n) is 1.89. The molecule has 0 atom stereocenters. The molecule has 0 aliphatic carbocycles. The van der Waals surface area contributed by atoms with Gasteiger partial charge in [0.2, 0.25) is 5.91 Å². The van der Waals surface area contributed by atoms with Gasteiger partial charge >= 0.3 is 5.97 Å². The van der Waals surface area contributed by atoms with Crippen LogP contribution in [-0.4, -0.2) is 25.5 Å². The van der Waals surface area contributed by atoms with Gasteiger partial charge in [-0.25, -0.2) is 13.6 Å². The molecule has 0 aliphatic heterocycles. The third-order valence-electron chi connectivity index (χ3n) is 2.97. The van der Waals surface area contributed by atoms with Crippen molar-refractivity contribution in [2.24, 2.45) is 0 Å². The van der Waals surface area contributed by atoms with E-state index in [2.05, 4.69) is 15.4 Å². The van der Waals surface area contributed by atoms with Crippen molar-refractivity contribution in [3.05, 3.63) is 59.7 Å².